The normalized spacial score (nSPS) is 20.0. The molecule has 1 aliphatic heterocycles. The van der Waals surface area contributed by atoms with E-state index >= 15 is 0 Å². The average molecular weight is 182 g/mol. The van der Waals surface area contributed by atoms with E-state index in [0.717, 1.165) is 5.69 Å². The first-order valence-electron chi connectivity index (χ1n) is 3.96. The molecule has 1 unspecified atom stereocenters. The molecule has 1 aliphatic rings. The van der Waals surface area contributed by atoms with Crippen LogP contribution in [0.25, 0.3) is 0 Å². The van der Waals surface area contributed by atoms with Crippen LogP contribution in [0.3, 0.4) is 0 Å². The number of esters is 1. The summed E-state index contributed by atoms with van der Waals surface area (Å²) in [7, 11) is 3.12. The first kappa shape index (κ1) is 8.25. The Hall–Kier alpha value is -1.36. The third kappa shape index (κ3) is 1.42. The van der Waals surface area contributed by atoms with E-state index in [2.05, 4.69) is 9.84 Å². The fourth-order valence-electron chi connectivity index (χ4n) is 1.21. The zero-order valence-electron chi connectivity index (χ0n) is 7.48. The van der Waals surface area contributed by atoms with Gasteiger partial charge >= 0.3 is 5.97 Å². The molecule has 0 bridgehead atoms. The molecule has 0 amide bonds. The predicted molar refractivity (Wildman–Crippen MR) is 43.2 cm³/mol. The number of ether oxygens (including phenoxy) is 2. The minimum Gasteiger partial charge on any atom is -0.464 e. The molecule has 5 nitrogen and oxygen atoms in total. The van der Waals surface area contributed by atoms with Gasteiger partial charge in [0.15, 0.2) is 5.69 Å². The van der Waals surface area contributed by atoms with Crippen LogP contribution in [0.5, 0.6) is 0 Å². The van der Waals surface area contributed by atoms with E-state index in [1.54, 1.807) is 17.8 Å². The second-order valence-electron chi connectivity index (χ2n) is 2.89. The third-order valence-corrected chi connectivity index (χ3v) is 1.97. The van der Waals surface area contributed by atoms with E-state index in [-0.39, 0.29) is 6.10 Å². The molecular weight excluding hydrogens is 172 g/mol. The van der Waals surface area contributed by atoms with Crippen molar-refractivity contribution in [1.82, 2.24) is 9.78 Å². The molecule has 2 rings (SSSR count). The summed E-state index contributed by atoms with van der Waals surface area (Å²) in [5.41, 5.74) is 1.25. The van der Waals surface area contributed by atoms with Gasteiger partial charge in [-0.2, -0.15) is 5.10 Å². The van der Waals surface area contributed by atoms with Crippen molar-refractivity contribution in [2.24, 2.45) is 7.05 Å². The first-order valence-corrected chi connectivity index (χ1v) is 3.96. The summed E-state index contributed by atoms with van der Waals surface area (Å²) in [5, 5.41) is 4.00. The minimum atomic E-state index is -0.414. The lowest BCUT2D eigenvalue weighted by Crippen LogP contribution is -2.03. The largest absolute Gasteiger partial charge is 0.464 e. The van der Waals surface area contributed by atoms with E-state index in [1.165, 1.54) is 7.11 Å². The maximum absolute atomic E-state index is 11.1. The molecule has 1 aromatic heterocycles. The van der Waals surface area contributed by atoms with Gasteiger partial charge in [-0.3, -0.25) is 4.68 Å². The molecule has 70 valence electrons. The topological polar surface area (TPSA) is 56.6 Å². The molecule has 13 heavy (non-hydrogen) atoms. The Bertz CT molecular complexity index is 341. The highest BCUT2D eigenvalue weighted by atomic mass is 16.6. The number of rotatable bonds is 2. The van der Waals surface area contributed by atoms with Crippen LogP contribution in [-0.4, -0.2) is 29.5 Å². The number of carbonyl (C=O) groups is 1. The van der Waals surface area contributed by atoms with Crippen LogP contribution >= 0.6 is 0 Å². The van der Waals surface area contributed by atoms with Crippen LogP contribution < -0.4 is 0 Å². The second-order valence-corrected chi connectivity index (χ2v) is 2.89. The van der Waals surface area contributed by atoms with Crippen molar-refractivity contribution >= 4 is 5.97 Å². The highest BCUT2D eigenvalue weighted by Gasteiger charge is 2.29. The lowest BCUT2D eigenvalue weighted by atomic mass is 10.3. The molecule has 0 aromatic carbocycles. The van der Waals surface area contributed by atoms with Gasteiger partial charge in [0.05, 0.1) is 19.4 Å². The monoisotopic (exact) mass is 182 g/mol. The van der Waals surface area contributed by atoms with Crippen LogP contribution in [0.2, 0.25) is 0 Å². The molecule has 0 saturated carbocycles. The van der Waals surface area contributed by atoms with Crippen LogP contribution in [0.15, 0.2) is 6.07 Å². The van der Waals surface area contributed by atoms with Crippen molar-refractivity contribution in [3.8, 4) is 0 Å². The zero-order valence-corrected chi connectivity index (χ0v) is 7.48. The van der Waals surface area contributed by atoms with Gasteiger partial charge in [-0.05, 0) is 6.07 Å². The van der Waals surface area contributed by atoms with Crippen LogP contribution in [0, 0.1) is 0 Å². The van der Waals surface area contributed by atoms with E-state index < -0.39 is 5.97 Å². The van der Waals surface area contributed by atoms with Crippen molar-refractivity contribution in [3.05, 3.63) is 17.5 Å². The molecule has 2 heterocycles. The Morgan fingerprint density at radius 1 is 1.85 bits per heavy atom. The Labute approximate surface area is 75.2 Å². The van der Waals surface area contributed by atoms with Crippen molar-refractivity contribution in [3.63, 3.8) is 0 Å². The SMILES string of the molecule is COC(=O)c1cc(C2CO2)n(C)n1. The van der Waals surface area contributed by atoms with E-state index in [4.69, 9.17) is 4.74 Å². The van der Waals surface area contributed by atoms with E-state index in [1.807, 2.05) is 0 Å². The van der Waals surface area contributed by atoms with Crippen molar-refractivity contribution in [2.75, 3.05) is 13.7 Å². The molecule has 0 spiro atoms. The summed E-state index contributed by atoms with van der Waals surface area (Å²) in [6.07, 6.45) is 0.107. The summed E-state index contributed by atoms with van der Waals surface area (Å²) < 4.78 is 11.3. The van der Waals surface area contributed by atoms with Gasteiger partial charge in [0.25, 0.3) is 0 Å². The molecule has 1 aromatic rings. The summed E-state index contributed by atoms with van der Waals surface area (Å²) in [5.74, 6) is -0.414. The van der Waals surface area contributed by atoms with Gasteiger partial charge in [0, 0.05) is 7.05 Å². The predicted octanol–water partition coefficient (Wildman–Crippen LogP) is 0.278. The molecular formula is C8H10N2O3. The highest BCUT2D eigenvalue weighted by Crippen LogP contribution is 2.29. The Balaban J connectivity index is 2.28. The Kier molecular flexibility index (Phi) is 1.81. The van der Waals surface area contributed by atoms with Gasteiger partial charge in [-0.1, -0.05) is 0 Å². The number of carbonyl (C=O) groups excluding carboxylic acids is 1. The van der Waals surface area contributed by atoms with Crippen molar-refractivity contribution in [2.45, 2.75) is 6.10 Å². The quantitative estimate of drug-likeness (QED) is 0.487. The lowest BCUT2D eigenvalue weighted by Gasteiger charge is -1.93. The third-order valence-electron chi connectivity index (χ3n) is 1.97. The Morgan fingerprint density at radius 2 is 2.54 bits per heavy atom. The van der Waals surface area contributed by atoms with Crippen LogP contribution in [0.1, 0.15) is 22.3 Å². The highest BCUT2D eigenvalue weighted by molar-refractivity contribution is 5.87. The first-order chi connectivity index (χ1) is 6.22. The van der Waals surface area contributed by atoms with Crippen LogP contribution in [-0.2, 0) is 16.5 Å². The van der Waals surface area contributed by atoms with Gasteiger partial charge < -0.3 is 9.47 Å². The smallest absolute Gasteiger partial charge is 0.358 e. The van der Waals surface area contributed by atoms with Gasteiger partial charge in [0.2, 0.25) is 0 Å². The summed E-state index contributed by atoms with van der Waals surface area (Å²) >= 11 is 0. The van der Waals surface area contributed by atoms with Crippen LogP contribution in [0.4, 0.5) is 0 Å². The Morgan fingerprint density at radius 3 is 3.08 bits per heavy atom. The maximum Gasteiger partial charge on any atom is 0.358 e. The molecule has 1 fully saturated rings. The summed E-state index contributed by atoms with van der Waals surface area (Å²) in [6.45, 7) is 0.708. The van der Waals surface area contributed by atoms with Crippen molar-refractivity contribution < 1.29 is 14.3 Å². The summed E-state index contributed by atoms with van der Waals surface area (Å²) in [4.78, 5) is 11.1. The van der Waals surface area contributed by atoms with Crippen molar-refractivity contribution in [1.29, 1.82) is 0 Å². The fourth-order valence-corrected chi connectivity index (χ4v) is 1.21. The zero-order chi connectivity index (χ0) is 9.42. The molecule has 0 radical (unpaired) electrons. The van der Waals surface area contributed by atoms with Gasteiger partial charge in [-0.15, -0.1) is 0 Å². The number of methoxy groups -OCH3 is 1. The lowest BCUT2D eigenvalue weighted by molar-refractivity contribution is 0.0593. The number of epoxide rings is 1. The molecule has 1 saturated heterocycles. The van der Waals surface area contributed by atoms with E-state index in [0.29, 0.717) is 12.3 Å². The molecule has 5 heteroatoms. The molecule has 0 aliphatic carbocycles. The maximum atomic E-state index is 11.1. The fraction of sp³-hybridized carbons (Fsp3) is 0.500. The van der Waals surface area contributed by atoms with Gasteiger partial charge in [0.1, 0.15) is 6.10 Å². The summed E-state index contributed by atoms with van der Waals surface area (Å²) in [6, 6.07) is 1.70. The van der Waals surface area contributed by atoms with Gasteiger partial charge in [-0.25, -0.2) is 4.79 Å². The minimum absolute atomic E-state index is 0.107. The number of hydrogen-bond acceptors (Lipinski definition) is 4. The number of nitrogens with zero attached hydrogens (tertiary/aromatic N) is 2. The van der Waals surface area contributed by atoms with E-state index in [9.17, 15) is 4.79 Å². The average Bonchev–Trinajstić information content (AvgIpc) is 2.89. The second kappa shape index (κ2) is 2.85. The molecule has 1 atom stereocenters. The number of hydrogen-bond donors (Lipinski definition) is 0. The number of aromatic nitrogens is 2. The molecule has 0 N–H and O–H groups in total. The standard InChI is InChI=1S/C8H10N2O3/c1-10-6(7-4-13-7)3-5(9-10)8(11)12-2/h3,7H,4H2,1-2H3. The number of aryl methyl sites for hydroxylation is 1.